The topological polar surface area (TPSA) is 97.6 Å². The van der Waals surface area contributed by atoms with Crippen molar-refractivity contribution >= 4 is 27.8 Å². The first-order chi connectivity index (χ1) is 13.4. The van der Waals surface area contributed by atoms with E-state index in [2.05, 4.69) is 27.3 Å². The Hall–Kier alpha value is -2.27. The molecule has 152 valence electrons. The average Bonchev–Trinajstić information content (AvgIpc) is 3.13. The van der Waals surface area contributed by atoms with Gasteiger partial charge in [-0.3, -0.25) is 9.59 Å². The van der Waals surface area contributed by atoms with Gasteiger partial charge in [-0.15, -0.1) is 0 Å². The highest BCUT2D eigenvalue weighted by molar-refractivity contribution is 9.10. The van der Waals surface area contributed by atoms with Crippen molar-refractivity contribution in [1.29, 1.82) is 5.26 Å². The van der Waals surface area contributed by atoms with Crippen LogP contribution in [0.1, 0.15) is 45.1 Å². The predicted molar refractivity (Wildman–Crippen MR) is 106 cm³/mol. The van der Waals surface area contributed by atoms with Gasteiger partial charge < -0.3 is 19.5 Å². The zero-order valence-corrected chi connectivity index (χ0v) is 17.8. The third-order valence-electron chi connectivity index (χ3n) is 4.46. The highest BCUT2D eigenvalue weighted by Gasteiger charge is 2.35. The molecule has 28 heavy (non-hydrogen) atoms. The summed E-state index contributed by atoms with van der Waals surface area (Å²) >= 11 is 3.43. The second kappa shape index (κ2) is 10.3. The molecule has 1 N–H and O–H groups in total. The maximum atomic E-state index is 12.2. The minimum atomic E-state index is -0.825. The molecule has 7 nitrogen and oxygen atoms in total. The quantitative estimate of drug-likeness (QED) is 0.577. The highest BCUT2D eigenvalue weighted by atomic mass is 79.9. The molecule has 1 aliphatic rings. The Balaban J connectivity index is 1.94. The number of nitrogens with one attached hydrogen (secondary N) is 1. The van der Waals surface area contributed by atoms with Crippen molar-refractivity contribution in [2.45, 2.75) is 51.5 Å². The molecule has 0 spiro atoms. The van der Waals surface area contributed by atoms with E-state index in [1.807, 2.05) is 13.8 Å². The largest absolute Gasteiger partial charge is 0.490 e. The Labute approximate surface area is 173 Å². The van der Waals surface area contributed by atoms with Crippen LogP contribution in [0.4, 0.5) is 0 Å². The summed E-state index contributed by atoms with van der Waals surface area (Å²) in [6, 6.07) is 5.65. The van der Waals surface area contributed by atoms with Gasteiger partial charge in [0.15, 0.2) is 18.1 Å². The van der Waals surface area contributed by atoms with Crippen molar-refractivity contribution < 1.29 is 23.8 Å². The van der Waals surface area contributed by atoms with Crippen LogP contribution in [0.2, 0.25) is 0 Å². The molecule has 1 aromatic carbocycles. The summed E-state index contributed by atoms with van der Waals surface area (Å²) < 4.78 is 16.9. The van der Waals surface area contributed by atoms with Gasteiger partial charge in [0.2, 0.25) is 0 Å². The van der Waals surface area contributed by atoms with Gasteiger partial charge in [-0.2, -0.15) is 5.26 Å². The third-order valence-corrected chi connectivity index (χ3v) is 5.20. The number of rotatable bonds is 9. The van der Waals surface area contributed by atoms with Crippen LogP contribution in [0.3, 0.4) is 0 Å². The number of amides is 1. The Morgan fingerprint density at radius 3 is 2.36 bits per heavy atom. The summed E-state index contributed by atoms with van der Waals surface area (Å²) in [4.78, 5) is 24.2. The molecule has 0 saturated heterocycles. The van der Waals surface area contributed by atoms with Crippen LogP contribution in [0, 0.1) is 11.3 Å². The molecule has 8 heteroatoms. The number of hydrogen-bond acceptors (Lipinski definition) is 6. The number of carbonyl (C=O) groups excluding carboxylic acids is 2. The third kappa shape index (κ3) is 5.86. The van der Waals surface area contributed by atoms with Gasteiger partial charge >= 0.3 is 5.97 Å². The standard InChI is InChI=1S/C20H25BrN2O5/c1-3-26-16-9-14(15(21)11-17(16)27-4-2)10-19(25)28-12-18(24)23-20(13-22)7-5-6-8-20/h9,11H,3-8,10,12H2,1-2H3,(H,23,24). The highest BCUT2D eigenvalue weighted by Crippen LogP contribution is 2.34. The summed E-state index contributed by atoms with van der Waals surface area (Å²) in [6.07, 6.45) is 3.04. The molecule has 1 saturated carbocycles. The molecule has 0 bridgehead atoms. The lowest BCUT2D eigenvalue weighted by Gasteiger charge is -2.21. The van der Waals surface area contributed by atoms with E-state index in [1.54, 1.807) is 12.1 Å². The minimum absolute atomic E-state index is 0.0241. The second-order valence-corrected chi connectivity index (χ2v) is 7.40. The number of nitrogens with zero attached hydrogens (tertiary/aromatic N) is 1. The number of halogens is 1. The van der Waals surface area contributed by atoms with Crippen LogP contribution in [0.15, 0.2) is 16.6 Å². The monoisotopic (exact) mass is 452 g/mol. The molecule has 0 aliphatic heterocycles. The SMILES string of the molecule is CCOc1cc(Br)c(CC(=O)OCC(=O)NC2(C#N)CCCC2)cc1OCC. The normalized spacial score (nSPS) is 14.8. The van der Waals surface area contributed by atoms with Crippen LogP contribution in [-0.2, 0) is 20.7 Å². The van der Waals surface area contributed by atoms with E-state index in [1.165, 1.54) is 0 Å². The fourth-order valence-corrected chi connectivity index (χ4v) is 3.61. The van der Waals surface area contributed by atoms with Gasteiger partial charge in [0.05, 0.1) is 25.7 Å². The number of benzene rings is 1. The molecule has 0 unspecified atom stereocenters. The molecule has 0 heterocycles. The van der Waals surface area contributed by atoms with E-state index < -0.39 is 24.0 Å². The van der Waals surface area contributed by atoms with Crippen molar-refractivity contribution in [2.24, 2.45) is 0 Å². The van der Waals surface area contributed by atoms with Gasteiger partial charge in [0.25, 0.3) is 5.91 Å². The van der Waals surface area contributed by atoms with Gasteiger partial charge in [0, 0.05) is 4.47 Å². The molecular formula is C20H25BrN2O5. The van der Waals surface area contributed by atoms with Crippen LogP contribution in [0.25, 0.3) is 0 Å². The molecule has 0 radical (unpaired) electrons. The minimum Gasteiger partial charge on any atom is -0.490 e. The molecule has 1 amide bonds. The average molecular weight is 453 g/mol. The Kier molecular flexibility index (Phi) is 8.12. The number of ether oxygens (including phenoxy) is 3. The van der Waals surface area contributed by atoms with Crippen molar-refractivity contribution in [3.05, 3.63) is 22.2 Å². The van der Waals surface area contributed by atoms with E-state index in [-0.39, 0.29) is 6.42 Å². The summed E-state index contributed by atoms with van der Waals surface area (Å²) in [5.41, 5.74) is -0.157. The van der Waals surface area contributed by atoms with Crippen molar-refractivity contribution in [1.82, 2.24) is 5.32 Å². The lowest BCUT2D eigenvalue weighted by molar-refractivity contribution is -0.148. The van der Waals surface area contributed by atoms with Crippen molar-refractivity contribution in [3.8, 4) is 17.6 Å². The summed E-state index contributed by atoms with van der Waals surface area (Å²) in [5, 5.41) is 12.0. The predicted octanol–water partition coefficient (Wildman–Crippen LogP) is 3.28. The molecule has 1 aliphatic carbocycles. The number of esters is 1. The summed E-state index contributed by atoms with van der Waals surface area (Å²) in [7, 11) is 0. The maximum Gasteiger partial charge on any atom is 0.310 e. The van der Waals surface area contributed by atoms with Crippen LogP contribution < -0.4 is 14.8 Å². The fourth-order valence-electron chi connectivity index (χ4n) is 3.15. The number of hydrogen-bond donors (Lipinski definition) is 1. The molecule has 2 rings (SSSR count). The number of nitriles is 1. The number of carbonyl (C=O) groups is 2. The Morgan fingerprint density at radius 1 is 1.18 bits per heavy atom. The maximum absolute atomic E-state index is 12.2. The molecule has 0 atom stereocenters. The summed E-state index contributed by atoms with van der Waals surface area (Å²) in [5.74, 6) is 0.133. The Morgan fingerprint density at radius 2 is 1.79 bits per heavy atom. The van der Waals surface area contributed by atoms with E-state index in [9.17, 15) is 14.9 Å². The first-order valence-corrected chi connectivity index (χ1v) is 10.2. The van der Waals surface area contributed by atoms with Gasteiger partial charge in [0.1, 0.15) is 5.54 Å². The lowest BCUT2D eigenvalue weighted by Crippen LogP contribution is -2.46. The van der Waals surface area contributed by atoms with Crippen LogP contribution >= 0.6 is 15.9 Å². The van der Waals surface area contributed by atoms with Crippen molar-refractivity contribution in [2.75, 3.05) is 19.8 Å². The summed E-state index contributed by atoms with van der Waals surface area (Å²) in [6.45, 7) is 4.29. The van der Waals surface area contributed by atoms with Gasteiger partial charge in [-0.25, -0.2) is 0 Å². The Bertz CT molecular complexity index is 754. The van der Waals surface area contributed by atoms with E-state index in [4.69, 9.17) is 14.2 Å². The first kappa shape index (κ1) is 22.0. The fraction of sp³-hybridized carbons (Fsp3) is 0.550. The van der Waals surface area contributed by atoms with Crippen LogP contribution in [-0.4, -0.2) is 37.2 Å². The molecular weight excluding hydrogens is 428 g/mol. The molecule has 0 aromatic heterocycles. The lowest BCUT2D eigenvalue weighted by atomic mass is 10.00. The van der Waals surface area contributed by atoms with Crippen molar-refractivity contribution in [3.63, 3.8) is 0 Å². The van der Waals surface area contributed by atoms with Crippen LogP contribution in [0.5, 0.6) is 11.5 Å². The second-order valence-electron chi connectivity index (χ2n) is 6.54. The zero-order valence-electron chi connectivity index (χ0n) is 16.2. The molecule has 1 fully saturated rings. The molecule has 1 aromatic rings. The van der Waals surface area contributed by atoms with Gasteiger partial charge in [-0.1, -0.05) is 15.9 Å². The van der Waals surface area contributed by atoms with E-state index >= 15 is 0 Å². The van der Waals surface area contributed by atoms with E-state index in [0.717, 1.165) is 12.8 Å². The smallest absolute Gasteiger partial charge is 0.310 e. The zero-order chi connectivity index (χ0) is 20.6. The van der Waals surface area contributed by atoms with Gasteiger partial charge in [-0.05, 0) is 57.2 Å². The van der Waals surface area contributed by atoms with E-state index in [0.29, 0.717) is 47.6 Å². The first-order valence-electron chi connectivity index (χ1n) is 9.39.